The predicted octanol–water partition coefficient (Wildman–Crippen LogP) is 2.69. The van der Waals surface area contributed by atoms with E-state index in [9.17, 15) is 10.4 Å². The number of hydrogen-bond donors (Lipinski definition) is 0. The van der Waals surface area contributed by atoms with Crippen molar-refractivity contribution in [3.8, 4) is 0 Å². The van der Waals surface area contributed by atoms with E-state index in [1.54, 1.807) is 42.5 Å². The molecule has 2 aliphatic heterocycles. The number of fused-ring (bicyclic) bond motifs is 4. The Kier molecular flexibility index (Phi) is 2.59. The van der Waals surface area contributed by atoms with Gasteiger partial charge in [-0.15, -0.1) is 4.74 Å². The minimum absolute atomic E-state index is 0.123. The van der Waals surface area contributed by atoms with Gasteiger partial charge in [0.25, 0.3) is 5.69 Å². The Morgan fingerprint density at radius 2 is 1.90 bits per heavy atom. The van der Waals surface area contributed by atoms with Gasteiger partial charge in [-0.1, -0.05) is 27.5 Å². The van der Waals surface area contributed by atoms with Gasteiger partial charge >= 0.3 is 5.84 Å². The van der Waals surface area contributed by atoms with Crippen molar-refractivity contribution < 1.29 is 4.74 Å². The molecule has 2 aromatic carbocycles. The largest absolute Gasteiger partial charge is 0.614 e. The number of amidine groups is 1. The molecule has 4 nitrogen and oxygen atoms in total. The van der Waals surface area contributed by atoms with Crippen LogP contribution in [0.4, 0.5) is 11.4 Å². The first kappa shape index (κ1) is 13.0. The van der Waals surface area contributed by atoms with Crippen molar-refractivity contribution in [2.24, 2.45) is 0 Å². The van der Waals surface area contributed by atoms with Crippen molar-refractivity contribution in [3.05, 3.63) is 66.7 Å². The normalized spacial score (nSPS) is 22.0. The van der Waals surface area contributed by atoms with Crippen molar-refractivity contribution in [3.63, 3.8) is 0 Å². The fourth-order valence-electron chi connectivity index (χ4n) is 2.74. The number of hydrogen-bond acceptors (Lipinski definition) is 2. The summed E-state index contributed by atoms with van der Waals surface area (Å²) >= 11 is 9.30. The van der Waals surface area contributed by atoms with Crippen LogP contribution in [0.25, 0.3) is 12.3 Å². The first-order chi connectivity index (χ1) is 9.99. The van der Waals surface area contributed by atoms with E-state index >= 15 is 0 Å². The zero-order valence-corrected chi connectivity index (χ0v) is 12.9. The second-order valence-electron chi connectivity index (χ2n) is 4.99. The molecule has 4 rings (SSSR count). The molecule has 2 aliphatic rings. The van der Waals surface area contributed by atoms with Crippen LogP contribution in [0.5, 0.6) is 0 Å². The minimum atomic E-state index is -0.874. The molecule has 0 amide bonds. The van der Waals surface area contributed by atoms with Gasteiger partial charge in [0.15, 0.2) is 0 Å². The lowest BCUT2D eigenvalue weighted by atomic mass is 10.1. The third-order valence-corrected chi connectivity index (χ3v) is 4.45. The van der Waals surface area contributed by atoms with Gasteiger partial charge in [0.1, 0.15) is 6.20 Å². The average Bonchev–Trinajstić information content (AvgIpc) is 2.65. The monoisotopic (exact) mass is 362 g/mol. The van der Waals surface area contributed by atoms with Crippen LogP contribution < -0.4 is 15.1 Å². The molecule has 0 aliphatic carbocycles. The molecule has 0 saturated heterocycles. The molecule has 0 bridgehead atoms. The summed E-state index contributed by atoms with van der Waals surface area (Å²) in [5.74, 6) is 0.123. The summed E-state index contributed by atoms with van der Waals surface area (Å²) in [7, 11) is 0. The Hall–Kier alpha value is -1.66. The van der Waals surface area contributed by atoms with Gasteiger partial charge in [0.2, 0.25) is 5.69 Å². The molecule has 6 heteroatoms. The highest BCUT2D eigenvalue weighted by Crippen LogP contribution is 2.42. The first-order valence-electron chi connectivity index (χ1n) is 6.24. The Balaban J connectivity index is 2.11. The second kappa shape index (κ2) is 4.18. The number of benzene rings is 2. The van der Waals surface area contributed by atoms with Gasteiger partial charge in [-0.25, -0.2) is 4.65 Å². The SMILES string of the molecule is [O-][N+]1=C2C=c3cc(Cl)ccc3=C[N+]2([O-])c2ccc(Br)cc21. The zero-order valence-electron chi connectivity index (χ0n) is 10.6. The molecule has 104 valence electrons. The molecule has 0 N–H and O–H groups in total. The summed E-state index contributed by atoms with van der Waals surface area (Å²) < 4.78 is 0.573. The van der Waals surface area contributed by atoms with E-state index in [1.165, 1.54) is 6.20 Å². The van der Waals surface area contributed by atoms with E-state index in [0.29, 0.717) is 21.1 Å². The van der Waals surface area contributed by atoms with E-state index in [2.05, 4.69) is 15.9 Å². The molecule has 2 aromatic rings. The topological polar surface area (TPSA) is 49.1 Å². The standard InChI is InChI=1S/C15H8BrClN2O2/c16-11-2-4-14-13(7-11)18(20)15-6-10-5-12(17)3-1-9(10)8-19(14,15)21/h1-8H. The maximum Gasteiger partial charge on any atom is 0.391 e. The van der Waals surface area contributed by atoms with Crippen LogP contribution in [0.15, 0.2) is 40.9 Å². The lowest BCUT2D eigenvalue weighted by molar-refractivity contribution is -0.356. The molecular weight excluding hydrogens is 356 g/mol. The molecule has 0 aromatic heterocycles. The number of rotatable bonds is 0. The highest BCUT2D eigenvalue weighted by atomic mass is 79.9. The maximum atomic E-state index is 13.2. The predicted molar refractivity (Wildman–Crippen MR) is 87.2 cm³/mol. The molecule has 0 saturated carbocycles. The summed E-state index contributed by atoms with van der Waals surface area (Å²) in [6.07, 6.45) is 3.14. The summed E-state index contributed by atoms with van der Waals surface area (Å²) in [6.45, 7) is 0. The van der Waals surface area contributed by atoms with Gasteiger partial charge in [-0.3, -0.25) is 0 Å². The van der Waals surface area contributed by atoms with Crippen LogP contribution in [0.3, 0.4) is 0 Å². The Morgan fingerprint density at radius 3 is 2.71 bits per heavy atom. The minimum Gasteiger partial charge on any atom is -0.614 e. The van der Waals surface area contributed by atoms with Crippen LogP contribution >= 0.6 is 27.5 Å². The number of halogens is 2. The van der Waals surface area contributed by atoms with Gasteiger partial charge in [-0.2, -0.15) is 0 Å². The van der Waals surface area contributed by atoms with Gasteiger partial charge in [0, 0.05) is 32.1 Å². The Bertz CT molecular complexity index is 955. The maximum absolute atomic E-state index is 13.2. The van der Waals surface area contributed by atoms with E-state index < -0.39 is 4.65 Å². The lowest BCUT2D eigenvalue weighted by Gasteiger charge is -2.30. The number of quaternary nitrogens is 1. The quantitative estimate of drug-likeness (QED) is 0.410. The highest BCUT2D eigenvalue weighted by Gasteiger charge is 2.45. The molecule has 0 radical (unpaired) electrons. The van der Waals surface area contributed by atoms with Crippen molar-refractivity contribution in [1.29, 1.82) is 0 Å². The van der Waals surface area contributed by atoms with Crippen LogP contribution in [0.1, 0.15) is 0 Å². The van der Waals surface area contributed by atoms with Crippen molar-refractivity contribution in [1.82, 2.24) is 4.65 Å². The van der Waals surface area contributed by atoms with Crippen molar-refractivity contribution >= 4 is 57.0 Å². The van der Waals surface area contributed by atoms with Gasteiger partial charge in [-0.05, 0) is 24.3 Å². The van der Waals surface area contributed by atoms with Crippen LogP contribution in [0.2, 0.25) is 5.02 Å². The third kappa shape index (κ3) is 1.72. The first-order valence-corrected chi connectivity index (χ1v) is 7.41. The zero-order chi connectivity index (χ0) is 14.8. The fraction of sp³-hybridized carbons (Fsp3) is 0. The van der Waals surface area contributed by atoms with Crippen molar-refractivity contribution in [2.45, 2.75) is 0 Å². The van der Waals surface area contributed by atoms with Gasteiger partial charge < -0.3 is 10.4 Å². The van der Waals surface area contributed by atoms with Gasteiger partial charge in [0.05, 0.1) is 6.08 Å². The van der Waals surface area contributed by atoms with Crippen LogP contribution in [-0.2, 0) is 0 Å². The third-order valence-electron chi connectivity index (χ3n) is 3.72. The van der Waals surface area contributed by atoms with Crippen molar-refractivity contribution in [2.75, 3.05) is 0 Å². The Labute approximate surface area is 133 Å². The summed E-state index contributed by atoms with van der Waals surface area (Å²) in [5, 5.41) is 27.8. The van der Waals surface area contributed by atoms with E-state index in [0.717, 1.165) is 14.9 Å². The van der Waals surface area contributed by atoms with Crippen LogP contribution in [-0.4, -0.2) is 10.6 Å². The summed E-state index contributed by atoms with van der Waals surface area (Å²) in [4.78, 5) is 0. The second-order valence-corrected chi connectivity index (χ2v) is 6.34. The molecule has 0 spiro atoms. The molecular formula is C15H8BrClN2O2. The molecule has 21 heavy (non-hydrogen) atoms. The average molecular weight is 364 g/mol. The Morgan fingerprint density at radius 1 is 1.10 bits per heavy atom. The smallest absolute Gasteiger partial charge is 0.391 e. The molecule has 1 atom stereocenters. The van der Waals surface area contributed by atoms with E-state index in [4.69, 9.17) is 11.6 Å². The molecule has 2 heterocycles. The number of nitrogens with zero attached hydrogens (tertiary/aromatic N) is 2. The number of hydroxylamine groups is 2. The van der Waals surface area contributed by atoms with E-state index in [-0.39, 0.29) is 5.84 Å². The molecule has 1 unspecified atom stereocenters. The van der Waals surface area contributed by atoms with E-state index in [1.807, 2.05) is 0 Å². The molecule has 0 fully saturated rings. The highest BCUT2D eigenvalue weighted by molar-refractivity contribution is 9.10. The van der Waals surface area contributed by atoms with Crippen LogP contribution in [0, 0.1) is 10.4 Å². The summed E-state index contributed by atoms with van der Waals surface area (Å²) in [6, 6.07) is 10.4. The lowest BCUT2D eigenvalue weighted by Crippen LogP contribution is -2.49. The fourth-order valence-corrected chi connectivity index (χ4v) is 3.26. The summed E-state index contributed by atoms with van der Waals surface area (Å²) in [5.41, 5.74) is 0.779.